The lowest BCUT2D eigenvalue weighted by Gasteiger charge is -2.15. The molecule has 0 spiro atoms. The molecule has 1 unspecified atom stereocenters. The van der Waals surface area contributed by atoms with E-state index < -0.39 is 10.0 Å². The number of nitrogens with zero attached hydrogens (tertiary/aromatic N) is 2. The largest absolute Gasteiger partial charge is 0.337 e. The molecule has 7 heteroatoms. The number of hydrogen-bond acceptors (Lipinski definition) is 4. The zero-order chi connectivity index (χ0) is 15.3. The van der Waals surface area contributed by atoms with Gasteiger partial charge in [-0.05, 0) is 37.6 Å². The van der Waals surface area contributed by atoms with Crippen molar-refractivity contribution < 1.29 is 8.42 Å². The van der Waals surface area contributed by atoms with Gasteiger partial charge < -0.3 is 9.88 Å². The standard InChI is InChI=1S/C14H20N4O2S/c1-12(17-6-3-8-18-9-7-16-11-18)13-4-2-5-14(10-13)21(15,19)20/h2,4-5,7,9-12,17H,3,6,8H2,1H3,(H2,15,19,20). The molecule has 2 rings (SSSR count). The average Bonchev–Trinajstić information content (AvgIpc) is 2.96. The number of primary sulfonamides is 1. The van der Waals surface area contributed by atoms with Gasteiger partial charge in [0.1, 0.15) is 0 Å². The molecule has 6 nitrogen and oxygen atoms in total. The smallest absolute Gasteiger partial charge is 0.238 e. The van der Waals surface area contributed by atoms with Gasteiger partial charge in [-0.15, -0.1) is 0 Å². The molecule has 0 saturated carbocycles. The Bertz CT molecular complexity index is 668. The zero-order valence-corrected chi connectivity index (χ0v) is 12.8. The van der Waals surface area contributed by atoms with Crippen LogP contribution in [0.4, 0.5) is 0 Å². The predicted octanol–water partition coefficient (Wildman–Crippen LogP) is 1.27. The lowest BCUT2D eigenvalue weighted by molar-refractivity contribution is 0.526. The first-order valence-corrected chi connectivity index (χ1v) is 8.33. The highest BCUT2D eigenvalue weighted by Crippen LogP contribution is 2.16. The van der Waals surface area contributed by atoms with Crippen LogP contribution in [0.1, 0.15) is 24.9 Å². The highest BCUT2D eigenvalue weighted by atomic mass is 32.2. The van der Waals surface area contributed by atoms with Gasteiger partial charge in [-0.2, -0.15) is 0 Å². The van der Waals surface area contributed by atoms with Crippen LogP contribution in [0, 0.1) is 0 Å². The summed E-state index contributed by atoms with van der Waals surface area (Å²) in [5.74, 6) is 0. The first-order chi connectivity index (χ1) is 9.97. The van der Waals surface area contributed by atoms with E-state index in [1.54, 1.807) is 24.7 Å². The van der Waals surface area contributed by atoms with Gasteiger partial charge in [0.2, 0.25) is 10.0 Å². The number of sulfonamides is 1. The Balaban J connectivity index is 1.87. The third-order valence-corrected chi connectivity index (χ3v) is 4.20. The third-order valence-electron chi connectivity index (χ3n) is 3.29. The maximum atomic E-state index is 11.3. The maximum absolute atomic E-state index is 11.3. The van der Waals surface area contributed by atoms with E-state index in [0.29, 0.717) is 0 Å². The Kier molecular flexibility index (Phi) is 5.11. The van der Waals surface area contributed by atoms with Gasteiger partial charge in [-0.1, -0.05) is 12.1 Å². The second-order valence-electron chi connectivity index (χ2n) is 4.95. The molecule has 114 valence electrons. The summed E-state index contributed by atoms with van der Waals surface area (Å²) in [5.41, 5.74) is 0.907. The molecule has 0 amide bonds. The lowest BCUT2D eigenvalue weighted by atomic mass is 10.1. The molecule has 0 fully saturated rings. The second kappa shape index (κ2) is 6.84. The third kappa shape index (κ3) is 4.66. The molecule has 3 N–H and O–H groups in total. The van der Waals surface area contributed by atoms with Crippen molar-refractivity contribution in [2.24, 2.45) is 5.14 Å². The topological polar surface area (TPSA) is 90.0 Å². The van der Waals surface area contributed by atoms with Crippen molar-refractivity contribution in [2.45, 2.75) is 30.8 Å². The molecule has 1 aromatic carbocycles. The summed E-state index contributed by atoms with van der Waals surface area (Å²) < 4.78 is 24.7. The summed E-state index contributed by atoms with van der Waals surface area (Å²) in [6.45, 7) is 3.73. The fraction of sp³-hybridized carbons (Fsp3) is 0.357. The van der Waals surface area contributed by atoms with Crippen LogP contribution in [0.5, 0.6) is 0 Å². The first kappa shape index (κ1) is 15.7. The van der Waals surface area contributed by atoms with Crippen LogP contribution in [0.3, 0.4) is 0 Å². The minimum atomic E-state index is -3.65. The number of nitrogens with two attached hydrogens (primary N) is 1. The van der Waals surface area contributed by atoms with Crippen molar-refractivity contribution in [3.05, 3.63) is 48.5 Å². The van der Waals surface area contributed by atoms with Crippen molar-refractivity contribution in [3.8, 4) is 0 Å². The zero-order valence-electron chi connectivity index (χ0n) is 11.9. The van der Waals surface area contributed by atoms with E-state index >= 15 is 0 Å². The Morgan fingerprint density at radius 3 is 2.90 bits per heavy atom. The first-order valence-electron chi connectivity index (χ1n) is 6.79. The number of rotatable bonds is 7. The minimum absolute atomic E-state index is 0.0643. The van der Waals surface area contributed by atoms with Gasteiger partial charge in [-0.25, -0.2) is 18.5 Å². The monoisotopic (exact) mass is 308 g/mol. The quantitative estimate of drug-likeness (QED) is 0.754. The fourth-order valence-electron chi connectivity index (χ4n) is 2.08. The summed E-state index contributed by atoms with van der Waals surface area (Å²) in [4.78, 5) is 4.14. The van der Waals surface area contributed by atoms with Crippen molar-refractivity contribution in [1.82, 2.24) is 14.9 Å². The van der Waals surface area contributed by atoms with Crippen LogP contribution < -0.4 is 10.5 Å². The summed E-state index contributed by atoms with van der Waals surface area (Å²) in [5, 5.41) is 8.52. The van der Waals surface area contributed by atoms with Gasteiger partial charge >= 0.3 is 0 Å². The predicted molar refractivity (Wildman–Crippen MR) is 81.1 cm³/mol. The van der Waals surface area contributed by atoms with Crippen molar-refractivity contribution in [1.29, 1.82) is 0 Å². The average molecular weight is 308 g/mol. The second-order valence-corrected chi connectivity index (χ2v) is 6.51. The van der Waals surface area contributed by atoms with E-state index in [2.05, 4.69) is 10.3 Å². The SMILES string of the molecule is CC(NCCCn1ccnc1)c1cccc(S(N)(=O)=O)c1. The Morgan fingerprint density at radius 2 is 2.24 bits per heavy atom. The van der Waals surface area contributed by atoms with Gasteiger partial charge in [0.25, 0.3) is 0 Å². The molecule has 1 atom stereocenters. The van der Waals surface area contributed by atoms with Crippen LogP contribution in [0.2, 0.25) is 0 Å². The Labute approximate surface area is 125 Å². The highest BCUT2D eigenvalue weighted by Gasteiger charge is 2.11. The number of aromatic nitrogens is 2. The van der Waals surface area contributed by atoms with Crippen molar-refractivity contribution >= 4 is 10.0 Å². The van der Waals surface area contributed by atoms with Crippen molar-refractivity contribution in [3.63, 3.8) is 0 Å². The molecule has 0 aliphatic carbocycles. The molecule has 21 heavy (non-hydrogen) atoms. The molecule has 0 bridgehead atoms. The van der Waals surface area contributed by atoms with E-state index in [4.69, 9.17) is 5.14 Å². The lowest BCUT2D eigenvalue weighted by Crippen LogP contribution is -2.21. The number of hydrogen-bond donors (Lipinski definition) is 2. The van der Waals surface area contributed by atoms with Crippen LogP contribution >= 0.6 is 0 Å². The number of imidazole rings is 1. The van der Waals surface area contributed by atoms with E-state index in [1.165, 1.54) is 6.07 Å². The highest BCUT2D eigenvalue weighted by molar-refractivity contribution is 7.89. The molecule has 2 aromatic rings. The van der Waals surface area contributed by atoms with E-state index in [9.17, 15) is 8.42 Å². The maximum Gasteiger partial charge on any atom is 0.238 e. The summed E-state index contributed by atoms with van der Waals surface area (Å²) in [6, 6.07) is 6.78. The molecule has 0 saturated heterocycles. The molecule has 1 heterocycles. The number of nitrogens with one attached hydrogen (secondary N) is 1. The molecular weight excluding hydrogens is 288 g/mol. The van der Waals surface area contributed by atoms with Gasteiger partial charge in [0, 0.05) is 25.0 Å². The van der Waals surface area contributed by atoms with Gasteiger partial charge in [-0.3, -0.25) is 0 Å². The van der Waals surface area contributed by atoms with Crippen LogP contribution in [-0.2, 0) is 16.6 Å². The van der Waals surface area contributed by atoms with Crippen molar-refractivity contribution in [2.75, 3.05) is 6.54 Å². The van der Waals surface area contributed by atoms with Gasteiger partial charge in [0.15, 0.2) is 0 Å². The fourth-order valence-corrected chi connectivity index (χ4v) is 2.65. The Hall–Kier alpha value is -1.70. The summed E-state index contributed by atoms with van der Waals surface area (Å²) in [6.07, 6.45) is 6.45. The normalized spacial score (nSPS) is 13.2. The molecule has 0 aliphatic rings. The van der Waals surface area contributed by atoms with Crippen LogP contribution in [0.25, 0.3) is 0 Å². The van der Waals surface area contributed by atoms with E-state index in [1.807, 2.05) is 23.8 Å². The molecule has 0 radical (unpaired) electrons. The van der Waals surface area contributed by atoms with Gasteiger partial charge in [0.05, 0.1) is 11.2 Å². The number of benzene rings is 1. The summed E-state index contributed by atoms with van der Waals surface area (Å²) >= 11 is 0. The molecule has 0 aliphatic heterocycles. The van der Waals surface area contributed by atoms with E-state index in [0.717, 1.165) is 25.1 Å². The van der Waals surface area contributed by atoms with Crippen LogP contribution in [-0.4, -0.2) is 24.5 Å². The molecular formula is C14H20N4O2S. The number of aryl methyl sites for hydroxylation is 1. The van der Waals surface area contributed by atoms with E-state index in [-0.39, 0.29) is 10.9 Å². The molecule has 1 aromatic heterocycles. The van der Waals surface area contributed by atoms with Crippen LogP contribution in [0.15, 0.2) is 47.9 Å². The minimum Gasteiger partial charge on any atom is -0.337 e. The summed E-state index contributed by atoms with van der Waals surface area (Å²) in [7, 11) is -3.65. The Morgan fingerprint density at radius 1 is 1.43 bits per heavy atom.